The number of ether oxygens (including phenoxy) is 1. The molecular formula is C53H37NO. The van der Waals surface area contributed by atoms with Crippen LogP contribution in [-0.2, 0) is 5.41 Å². The summed E-state index contributed by atoms with van der Waals surface area (Å²) in [6.07, 6.45) is 0. The molecule has 1 aliphatic heterocycles. The number of benzene rings is 9. The molecule has 1 heterocycles. The first kappa shape index (κ1) is 31.6. The van der Waals surface area contributed by atoms with Crippen molar-refractivity contribution in [3.8, 4) is 56.0 Å². The Labute approximate surface area is 321 Å². The van der Waals surface area contributed by atoms with Crippen LogP contribution in [0.4, 0.5) is 17.1 Å². The first-order valence-electron chi connectivity index (χ1n) is 19.1. The summed E-state index contributed by atoms with van der Waals surface area (Å²) in [7, 11) is 0. The van der Waals surface area contributed by atoms with Crippen molar-refractivity contribution < 1.29 is 4.74 Å². The maximum absolute atomic E-state index is 7.06. The van der Waals surface area contributed by atoms with Gasteiger partial charge in [0.05, 0.1) is 0 Å². The van der Waals surface area contributed by atoms with Crippen LogP contribution in [-0.4, -0.2) is 0 Å². The second kappa shape index (κ2) is 12.1. The molecule has 0 N–H and O–H groups in total. The third-order valence-electron chi connectivity index (χ3n) is 11.8. The Bertz CT molecular complexity index is 2990. The summed E-state index contributed by atoms with van der Waals surface area (Å²) < 4.78 is 7.06. The van der Waals surface area contributed by atoms with Crippen LogP contribution in [0.15, 0.2) is 188 Å². The first-order valence-corrected chi connectivity index (χ1v) is 19.1. The van der Waals surface area contributed by atoms with Crippen LogP contribution in [0.5, 0.6) is 11.5 Å². The highest BCUT2D eigenvalue weighted by molar-refractivity contribution is 6.01. The van der Waals surface area contributed by atoms with E-state index in [-0.39, 0.29) is 5.41 Å². The molecule has 2 heteroatoms. The van der Waals surface area contributed by atoms with Crippen molar-refractivity contribution in [3.05, 3.63) is 199 Å². The topological polar surface area (TPSA) is 12.5 Å². The fourth-order valence-corrected chi connectivity index (χ4v) is 9.00. The van der Waals surface area contributed by atoms with E-state index < -0.39 is 0 Å². The van der Waals surface area contributed by atoms with Gasteiger partial charge in [-0.3, -0.25) is 0 Å². The van der Waals surface area contributed by atoms with Gasteiger partial charge >= 0.3 is 0 Å². The Morgan fingerprint density at radius 2 is 0.927 bits per heavy atom. The van der Waals surface area contributed by atoms with Gasteiger partial charge < -0.3 is 9.64 Å². The molecule has 0 bridgehead atoms. The molecule has 260 valence electrons. The summed E-state index contributed by atoms with van der Waals surface area (Å²) in [4.78, 5) is 2.36. The minimum atomic E-state index is -0.108. The highest BCUT2D eigenvalue weighted by Gasteiger charge is 2.36. The molecule has 0 spiro atoms. The van der Waals surface area contributed by atoms with Crippen LogP contribution in [0.25, 0.3) is 66.1 Å². The predicted molar refractivity (Wildman–Crippen MR) is 230 cm³/mol. The van der Waals surface area contributed by atoms with Gasteiger partial charge in [0.15, 0.2) is 0 Å². The van der Waals surface area contributed by atoms with E-state index in [2.05, 4.69) is 207 Å². The quantitative estimate of drug-likeness (QED) is 0.181. The highest BCUT2D eigenvalue weighted by Crippen LogP contribution is 2.53. The summed E-state index contributed by atoms with van der Waals surface area (Å²) in [5.74, 6) is 1.68. The summed E-state index contributed by atoms with van der Waals surface area (Å²) in [6.45, 7) is 4.68. The number of para-hydroxylation sites is 1. The number of anilines is 3. The van der Waals surface area contributed by atoms with E-state index in [4.69, 9.17) is 4.74 Å². The fourth-order valence-electron chi connectivity index (χ4n) is 9.00. The number of hydrogen-bond acceptors (Lipinski definition) is 2. The van der Waals surface area contributed by atoms with Gasteiger partial charge in [0.2, 0.25) is 0 Å². The van der Waals surface area contributed by atoms with Gasteiger partial charge in [-0.05, 0) is 133 Å². The smallest absolute Gasteiger partial charge is 0.137 e. The molecular weight excluding hydrogens is 667 g/mol. The lowest BCUT2D eigenvalue weighted by molar-refractivity contribution is 0.488. The van der Waals surface area contributed by atoms with Gasteiger partial charge in [0.25, 0.3) is 0 Å². The van der Waals surface area contributed by atoms with Gasteiger partial charge in [-0.15, -0.1) is 0 Å². The maximum Gasteiger partial charge on any atom is 0.137 e. The van der Waals surface area contributed by atoms with Gasteiger partial charge in [-0.2, -0.15) is 0 Å². The zero-order valence-electron chi connectivity index (χ0n) is 30.8. The van der Waals surface area contributed by atoms with E-state index in [1.54, 1.807) is 0 Å². The van der Waals surface area contributed by atoms with Gasteiger partial charge in [0.1, 0.15) is 11.5 Å². The van der Waals surface area contributed by atoms with Crippen molar-refractivity contribution in [2.24, 2.45) is 0 Å². The Hall–Kier alpha value is -6.90. The summed E-state index contributed by atoms with van der Waals surface area (Å²) >= 11 is 0. The normalized spacial score (nSPS) is 13.2. The van der Waals surface area contributed by atoms with Crippen LogP contribution < -0.4 is 9.64 Å². The van der Waals surface area contributed by atoms with Gasteiger partial charge in [-0.25, -0.2) is 0 Å². The average Bonchev–Trinajstić information content (AvgIpc) is 3.37. The molecule has 0 radical (unpaired) electrons. The second-order valence-electron chi connectivity index (χ2n) is 15.4. The second-order valence-corrected chi connectivity index (χ2v) is 15.4. The van der Waals surface area contributed by atoms with Crippen LogP contribution in [0.3, 0.4) is 0 Å². The van der Waals surface area contributed by atoms with Crippen molar-refractivity contribution in [1.29, 1.82) is 0 Å². The fraction of sp³-hybridized carbons (Fsp3) is 0.0566. The molecule has 11 rings (SSSR count). The Morgan fingerprint density at radius 3 is 1.71 bits per heavy atom. The first-order chi connectivity index (χ1) is 27.0. The minimum absolute atomic E-state index is 0.108. The molecule has 0 atom stereocenters. The largest absolute Gasteiger partial charge is 0.456 e. The zero-order chi connectivity index (χ0) is 36.7. The maximum atomic E-state index is 7.06. The summed E-state index contributed by atoms with van der Waals surface area (Å²) in [5.41, 5.74) is 15.3. The zero-order valence-corrected chi connectivity index (χ0v) is 30.8. The molecule has 9 aromatic carbocycles. The average molecular weight is 704 g/mol. The highest BCUT2D eigenvalue weighted by atomic mass is 16.5. The molecule has 0 aromatic heterocycles. The molecule has 2 aliphatic rings. The molecule has 2 nitrogen and oxygen atoms in total. The predicted octanol–water partition coefficient (Wildman–Crippen LogP) is 14.9. The van der Waals surface area contributed by atoms with Crippen molar-refractivity contribution in [2.75, 3.05) is 4.90 Å². The minimum Gasteiger partial charge on any atom is -0.456 e. The van der Waals surface area contributed by atoms with Crippen molar-refractivity contribution >= 4 is 38.6 Å². The van der Waals surface area contributed by atoms with Crippen LogP contribution in [0.1, 0.15) is 25.0 Å². The van der Waals surface area contributed by atoms with E-state index in [1.807, 2.05) is 0 Å². The van der Waals surface area contributed by atoms with E-state index in [0.717, 1.165) is 50.8 Å². The number of hydrogen-bond donors (Lipinski definition) is 0. The van der Waals surface area contributed by atoms with Crippen molar-refractivity contribution in [1.82, 2.24) is 0 Å². The number of fused-ring (bicyclic) bond motifs is 10. The van der Waals surface area contributed by atoms with Crippen LogP contribution >= 0.6 is 0 Å². The third kappa shape index (κ3) is 5.02. The van der Waals surface area contributed by atoms with Gasteiger partial charge in [-0.1, -0.05) is 129 Å². The Kier molecular flexibility index (Phi) is 6.93. The lowest BCUT2D eigenvalue weighted by Crippen LogP contribution is -2.16. The van der Waals surface area contributed by atoms with Gasteiger partial charge in [0, 0.05) is 39.7 Å². The van der Waals surface area contributed by atoms with Crippen LogP contribution in [0, 0.1) is 0 Å². The molecule has 1 aliphatic carbocycles. The third-order valence-corrected chi connectivity index (χ3v) is 11.8. The SMILES string of the molecule is CC1(C)c2ccccc2-c2ccc(N(c3ccccc3)c3ccc4c(c3)Oc3ccc(-c5ccc6ccccc6c5)cc3-c3cc5ccccc5cc3-4)cc21. The molecule has 0 saturated heterocycles. The summed E-state index contributed by atoms with van der Waals surface area (Å²) in [5, 5.41) is 4.89. The lowest BCUT2D eigenvalue weighted by Gasteiger charge is -2.28. The molecule has 55 heavy (non-hydrogen) atoms. The van der Waals surface area contributed by atoms with Crippen molar-refractivity contribution in [3.63, 3.8) is 0 Å². The molecule has 0 fully saturated rings. The van der Waals surface area contributed by atoms with Crippen LogP contribution in [0.2, 0.25) is 0 Å². The summed E-state index contributed by atoms with van der Waals surface area (Å²) in [6, 6.07) is 68.4. The monoisotopic (exact) mass is 703 g/mol. The molecule has 0 unspecified atom stereocenters. The molecule has 0 amide bonds. The van der Waals surface area contributed by atoms with E-state index >= 15 is 0 Å². The standard InChI is InChI=1S/C53H37NO/c1-53(2)49-19-11-10-18-43(49)44-25-23-41(32-50(44)53)54(40-16-4-3-5-17-40)42-24-26-45-46-29-36-14-8-9-15-37(36)30-47(46)48-31-39(22-27-51(48)55-52(45)33-42)38-21-20-34-12-6-7-13-35(34)28-38/h3-33H,1-2H3. The van der Waals surface area contributed by atoms with Crippen molar-refractivity contribution in [2.45, 2.75) is 19.3 Å². The Balaban J connectivity index is 1.08. The van der Waals surface area contributed by atoms with E-state index in [9.17, 15) is 0 Å². The molecule has 9 aromatic rings. The number of rotatable bonds is 4. The van der Waals surface area contributed by atoms with E-state index in [0.29, 0.717) is 0 Å². The number of nitrogens with zero attached hydrogens (tertiary/aromatic N) is 1. The molecule has 0 saturated carbocycles. The Morgan fingerprint density at radius 1 is 0.345 bits per heavy atom. The van der Waals surface area contributed by atoms with E-state index in [1.165, 1.54) is 54.9 Å². The lowest BCUT2D eigenvalue weighted by atomic mass is 9.82.